The maximum Gasteiger partial charge on any atom is 0.333 e. The summed E-state index contributed by atoms with van der Waals surface area (Å²) in [5, 5.41) is 0. The van der Waals surface area contributed by atoms with Gasteiger partial charge in [0, 0.05) is 11.0 Å². The van der Waals surface area contributed by atoms with Gasteiger partial charge in [-0.15, -0.1) is 0 Å². The van der Waals surface area contributed by atoms with Crippen LogP contribution in [0.15, 0.2) is 12.2 Å². The van der Waals surface area contributed by atoms with Crippen molar-refractivity contribution in [2.75, 3.05) is 6.61 Å². The number of hydrogen-bond acceptors (Lipinski definition) is 4. The number of carbonyl (C=O) groups excluding carboxylic acids is 2. The summed E-state index contributed by atoms with van der Waals surface area (Å²) in [6, 6.07) is 0. The average molecular weight is 326 g/mol. The van der Waals surface area contributed by atoms with Crippen molar-refractivity contribution in [2.45, 2.75) is 80.3 Å². The van der Waals surface area contributed by atoms with Gasteiger partial charge in [-0.25, -0.2) is 4.79 Å². The van der Waals surface area contributed by atoms with Crippen molar-refractivity contribution in [3.63, 3.8) is 0 Å². The molecule has 0 saturated carbocycles. The van der Waals surface area contributed by atoms with Crippen LogP contribution in [0, 0.1) is 10.8 Å². The first-order chi connectivity index (χ1) is 10.2. The molecular formula is C19H34O4. The minimum atomic E-state index is -0.581. The zero-order valence-electron chi connectivity index (χ0n) is 16.2. The van der Waals surface area contributed by atoms with Crippen LogP contribution in [0.25, 0.3) is 0 Å². The van der Waals surface area contributed by atoms with E-state index >= 15 is 0 Å². The Hall–Kier alpha value is -1.32. The lowest BCUT2D eigenvalue weighted by Gasteiger charge is -2.45. The van der Waals surface area contributed by atoms with Crippen LogP contribution in [-0.2, 0) is 19.1 Å². The van der Waals surface area contributed by atoms with Crippen molar-refractivity contribution in [1.29, 1.82) is 0 Å². The molecule has 0 aromatic heterocycles. The lowest BCUT2D eigenvalue weighted by molar-refractivity contribution is -0.177. The second-order valence-electron chi connectivity index (χ2n) is 8.32. The standard InChI is InChI=1S/C19H34O4/c1-10-18(7,8)13-19(9,17(4,5)6)23-15(20)11-12-22-16(21)14(2)3/h2,10-13H2,1,3-9H3. The van der Waals surface area contributed by atoms with Gasteiger partial charge in [-0.3, -0.25) is 4.79 Å². The number of ether oxygens (including phenoxy) is 2. The Bertz CT molecular complexity index is 443. The molecule has 0 aliphatic carbocycles. The van der Waals surface area contributed by atoms with Crippen LogP contribution in [0.2, 0.25) is 0 Å². The smallest absolute Gasteiger partial charge is 0.333 e. The molecule has 0 N–H and O–H groups in total. The quantitative estimate of drug-likeness (QED) is 0.480. The highest BCUT2D eigenvalue weighted by Crippen LogP contribution is 2.43. The Morgan fingerprint density at radius 2 is 1.57 bits per heavy atom. The summed E-state index contributed by atoms with van der Waals surface area (Å²) >= 11 is 0. The molecule has 1 unspecified atom stereocenters. The van der Waals surface area contributed by atoms with Crippen LogP contribution in [-0.4, -0.2) is 24.1 Å². The zero-order chi connectivity index (χ0) is 18.5. The summed E-state index contributed by atoms with van der Waals surface area (Å²) in [4.78, 5) is 23.5. The highest BCUT2D eigenvalue weighted by molar-refractivity contribution is 5.87. The van der Waals surface area contributed by atoms with Crippen LogP contribution in [0.1, 0.15) is 74.7 Å². The number of rotatable bonds is 8. The third-order valence-electron chi connectivity index (χ3n) is 4.59. The molecule has 0 aliphatic heterocycles. The van der Waals surface area contributed by atoms with Crippen molar-refractivity contribution in [1.82, 2.24) is 0 Å². The monoisotopic (exact) mass is 326 g/mol. The molecule has 0 spiro atoms. The van der Waals surface area contributed by atoms with E-state index in [2.05, 4.69) is 48.1 Å². The normalized spacial score (nSPS) is 14.8. The maximum atomic E-state index is 12.2. The summed E-state index contributed by atoms with van der Waals surface area (Å²) < 4.78 is 10.8. The second kappa shape index (κ2) is 7.98. The van der Waals surface area contributed by atoms with E-state index in [0.29, 0.717) is 5.57 Å². The molecule has 0 heterocycles. The molecule has 0 fully saturated rings. The molecule has 23 heavy (non-hydrogen) atoms. The summed E-state index contributed by atoms with van der Waals surface area (Å²) in [5.74, 6) is -0.827. The van der Waals surface area contributed by atoms with Crippen LogP contribution in [0.5, 0.6) is 0 Å². The largest absolute Gasteiger partial charge is 0.462 e. The number of hydrogen-bond donors (Lipinski definition) is 0. The predicted octanol–water partition coefficient (Wildman–Crippen LogP) is 4.67. The van der Waals surface area contributed by atoms with E-state index in [4.69, 9.17) is 9.47 Å². The minimum Gasteiger partial charge on any atom is -0.462 e. The maximum absolute atomic E-state index is 12.2. The molecule has 4 heteroatoms. The molecule has 4 nitrogen and oxygen atoms in total. The first kappa shape index (κ1) is 21.7. The SMILES string of the molecule is C=C(C)C(=O)OCCC(=O)OC(C)(CC(C)(C)CC)C(C)(C)C. The third-order valence-corrected chi connectivity index (χ3v) is 4.59. The first-order valence-corrected chi connectivity index (χ1v) is 8.28. The van der Waals surface area contributed by atoms with Crippen molar-refractivity contribution in [2.24, 2.45) is 10.8 Å². The topological polar surface area (TPSA) is 52.6 Å². The van der Waals surface area contributed by atoms with Gasteiger partial charge >= 0.3 is 11.9 Å². The van der Waals surface area contributed by atoms with Crippen LogP contribution in [0.3, 0.4) is 0 Å². The van der Waals surface area contributed by atoms with E-state index in [9.17, 15) is 9.59 Å². The number of carbonyl (C=O) groups is 2. The molecular weight excluding hydrogens is 292 g/mol. The Morgan fingerprint density at radius 3 is 1.96 bits per heavy atom. The molecule has 0 aromatic rings. The van der Waals surface area contributed by atoms with Crippen molar-refractivity contribution < 1.29 is 19.1 Å². The minimum absolute atomic E-state index is 0.0158. The average Bonchev–Trinajstić information content (AvgIpc) is 2.36. The van der Waals surface area contributed by atoms with Crippen molar-refractivity contribution in [3.05, 3.63) is 12.2 Å². The van der Waals surface area contributed by atoms with Gasteiger partial charge in [-0.05, 0) is 25.7 Å². The second-order valence-corrected chi connectivity index (χ2v) is 8.32. The molecule has 1 atom stereocenters. The van der Waals surface area contributed by atoms with Crippen molar-refractivity contribution >= 4 is 11.9 Å². The molecule has 0 aromatic carbocycles. The van der Waals surface area contributed by atoms with Crippen molar-refractivity contribution in [3.8, 4) is 0 Å². The van der Waals surface area contributed by atoms with E-state index in [1.165, 1.54) is 0 Å². The van der Waals surface area contributed by atoms with Crippen LogP contribution in [0.4, 0.5) is 0 Å². The fraction of sp³-hybridized carbons (Fsp3) is 0.789. The van der Waals surface area contributed by atoms with Gasteiger partial charge < -0.3 is 9.47 Å². The molecule has 0 rings (SSSR count). The molecule has 134 valence electrons. The van der Waals surface area contributed by atoms with Gasteiger partial charge in [-0.2, -0.15) is 0 Å². The van der Waals surface area contributed by atoms with Crippen LogP contribution >= 0.6 is 0 Å². The lowest BCUT2D eigenvalue weighted by Crippen LogP contribution is -2.47. The highest BCUT2D eigenvalue weighted by Gasteiger charge is 2.44. The molecule has 0 saturated heterocycles. The fourth-order valence-electron chi connectivity index (χ4n) is 2.15. The predicted molar refractivity (Wildman–Crippen MR) is 93.0 cm³/mol. The van der Waals surface area contributed by atoms with E-state index in [1.54, 1.807) is 6.92 Å². The summed E-state index contributed by atoms with van der Waals surface area (Å²) in [6.07, 6.45) is 1.83. The molecule has 0 aliphatic rings. The lowest BCUT2D eigenvalue weighted by atomic mass is 9.68. The van der Waals surface area contributed by atoms with Gasteiger partial charge in [0.15, 0.2) is 0 Å². The third kappa shape index (κ3) is 7.19. The van der Waals surface area contributed by atoms with E-state index < -0.39 is 11.6 Å². The van der Waals surface area contributed by atoms with Gasteiger partial charge in [0.05, 0.1) is 6.42 Å². The molecule has 0 amide bonds. The van der Waals surface area contributed by atoms with Gasteiger partial charge in [-0.1, -0.05) is 54.5 Å². The number of esters is 2. The van der Waals surface area contributed by atoms with Gasteiger partial charge in [0.2, 0.25) is 0 Å². The molecule has 0 radical (unpaired) electrons. The Balaban J connectivity index is 4.82. The summed E-state index contributed by atoms with van der Waals surface area (Å²) in [6.45, 7) is 19.8. The van der Waals surface area contributed by atoms with Gasteiger partial charge in [0.25, 0.3) is 0 Å². The zero-order valence-corrected chi connectivity index (χ0v) is 16.2. The van der Waals surface area contributed by atoms with E-state index in [0.717, 1.165) is 12.8 Å². The van der Waals surface area contributed by atoms with E-state index in [1.807, 2.05) is 6.92 Å². The summed E-state index contributed by atoms with van der Waals surface area (Å²) in [7, 11) is 0. The fourth-order valence-corrected chi connectivity index (χ4v) is 2.15. The van der Waals surface area contributed by atoms with E-state index in [-0.39, 0.29) is 29.8 Å². The Labute approximate surface area is 141 Å². The molecule has 0 bridgehead atoms. The van der Waals surface area contributed by atoms with Gasteiger partial charge in [0.1, 0.15) is 12.2 Å². The van der Waals surface area contributed by atoms with Crippen LogP contribution < -0.4 is 0 Å². The summed E-state index contributed by atoms with van der Waals surface area (Å²) in [5.41, 5.74) is -0.372. The Kier molecular flexibility index (Phi) is 7.52. The first-order valence-electron chi connectivity index (χ1n) is 8.28. The Morgan fingerprint density at radius 1 is 1.04 bits per heavy atom. The highest BCUT2D eigenvalue weighted by atomic mass is 16.6.